The summed E-state index contributed by atoms with van der Waals surface area (Å²) in [5.74, 6) is -0.879. The molecule has 0 radical (unpaired) electrons. The van der Waals surface area contributed by atoms with E-state index in [9.17, 15) is 4.79 Å². The summed E-state index contributed by atoms with van der Waals surface area (Å²) in [6.07, 6.45) is 1.52. The molecule has 0 aromatic carbocycles. The molecule has 2 N–H and O–H groups in total. The van der Waals surface area contributed by atoms with E-state index >= 15 is 0 Å². The number of aliphatic carboxylic acids is 1. The fourth-order valence-electron chi connectivity index (χ4n) is 0.730. The second-order valence-electron chi connectivity index (χ2n) is 2.27. The van der Waals surface area contributed by atoms with Crippen LogP contribution in [0.4, 0.5) is 0 Å². The van der Waals surface area contributed by atoms with E-state index in [2.05, 4.69) is 10.3 Å². The summed E-state index contributed by atoms with van der Waals surface area (Å²) in [5.41, 5.74) is 0.445. The number of carbonyl (C=O) groups is 1. The number of aliphatic hydroxyl groups excluding tert-OH is 1. The Morgan fingerprint density at radius 1 is 1.67 bits per heavy atom. The zero-order valence-electron chi connectivity index (χ0n) is 6.34. The van der Waals surface area contributed by atoms with Crippen LogP contribution in [-0.4, -0.2) is 31.2 Å². The van der Waals surface area contributed by atoms with Crippen molar-refractivity contribution in [3.05, 3.63) is 11.9 Å². The Morgan fingerprint density at radius 2 is 2.42 bits per heavy atom. The molecule has 6 heteroatoms. The Bertz CT molecular complexity index is 271. The third-order valence-corrected chi connectivity index (χ3v) is 1.30. The van der Waals surface area contributed by atoms with Crippen LogP contribution < -0.4 is 0 Å². The normalized spacial score (nSPS) is 10.1. The number of nitrogens with zero attached hydrogens (tertiary/aromatic N) is 3. The standard InChI is InChI=1S/C6H9N3O3/c10-4-5-3-9(8-7-5)2-1-6(11)12/h3,10H,1-2,4H2,(H,11,12). The molecule has 0 bridgehead atoms. The lowest BCUT2D eigenvalue weighted by atomic mass is 10.4. The van der Waals surface area contributed by atoms with Crippen LogP contribution in [0.25, 0.3) is 0 Å². The molecule has 0 unspecified atom stereocenters. The van der Waals surface area contributed by atoms with Crippen molar-refractivity contribution in [1.29, 1.82) is 0 Å². The minimum atomic E-state index is -0.879. The molecule has 6 nitrogen and oxygen atoms in total. The first kappa shape index (κ1) is 8.66. The average Bonchev–Trinajstić information content (AvgIpc) is 2.48. The number of hydrogen-bond donors (Lipinski definition) is 2. The van der Waals surface area contributed by atoms with Crippen molar-refractivity contribution in [2.75, 3.05) is 0 Å². The molecule has 0 fully saturated rings. The Balaban J connectivity index is 2.47. The van der Waals surface area contributed by atoms with Crippen LogP contribution in [0.1, 0.15) is 12.1 Å². The van der Waals surface area contributed by atoms with E-state index in [4.69, 9.17) is 10.2 Å². The monoisotopic (exact) mass is 171 g/mol. The summed E-state index contributed by atoms with van der Waals surface area (Å²) >= 11 is 0. The van der Waals surface area contributed by atoms with E-state index in [-0.39, 0.29) is 19.6 Å². The first-order valence-electron chi connectivity index (χ1n) is 3.44. The predicted molar refractivity (Wildman–Crippen MR) is 38.2 cm³/mol. The molecular formula is C6H9N3O3. The van der Waals surface area contributed by atoms with Gasteiger partial charge in [-0.05, 0) is 0 Å². The van der Waals surface area contributed by atoms with Gasteiger partial charge in [0.15, 0.2) is 0 Å². The lowest BCUT2D eigenvalue weighted by Crippen LogP contribution is -2.04. The van der Waals surface area contributed by atoms with Crippen LogP contribution in [0.5, 0.6) is 0 Å². The fraction of sp³-hybridized carbons (Fsp3) is 0.500. The number of carboxylic acids is 1. The van der Waals surface area contributed by atoms with Crippen molar-refractivity contribution in [2.45, 2.75) is 19.6 Å². The smallest absolute Gasteiger partial charge is 0.305 e. The number of hydrogen-bond acceptors (Lipinski definition) is 4. The van der Waals surface area contributed by atoms with E-state index in [0.29, 0.717) is 5.69 Å². The second-order valence-corrected chi connectivity index (χ2v) is 2.27. The molecule has 0 aliphatic carbocycles. The molecule has 12 heavy (non-hydrogen) atoms. The molecule has 0 aliphatic heterocycles. The SMILES string of the molecule is O=C(O)CCn1cc(CO)nn1. The molecule has 1 heterocycles. The average molecular weight is 171 g/mol. The van der Waals surface area contributed by atoms with Gasteiger partial charge in [-0.25, -0.2) is 0 Å². The Kier molecular flexibility index (Phi) is 2.76. The second kappa shape index (κ2) is 3.82. The Hall–Kier alpha value is -1.43. The first-order valence-corrected chi connectivity index (χ1v) is 3.44. The van der Waals surface area contributed by atoms with Gasteiger partial charge in [-0.1, -0.05) is 5.21 Å². The highest BCUT2D eigenvalue weighted by Gasteiger charge is 2.01. The van der Waals surface area contributed by atoms with Gasteiger partial charge in [0.25, 0.3) is 0 Å². The van der Waals surface area contributed by atoms with Gasteiger partial charge in [0.05, 0.1) is 25.8 Å². The van der Waals surface area contributed by atoms with Crippen LogP contribution in [0.3, 0.4) is 0 Å². The van der Waals surface area contributed by atoms with Gasteiger partial charge in [0.2, 0.25) is 0 Å². The van der Waals surface area contributed by atoms with Crippen molar-refractivity contribution in [1.82, 2.24) is 15.0 Å². The summed E-state index contributed by atoms with van der Waals surface area (Å²) < 4.78 is 1.39. The molecule has 0 atom stereocenters. The number of aryl methyl sites for hydroxylation is 1. The van der Waals surface area contributed by atoms with Gasteiger partial charge in [-0.3, -0.25) is 9.48 Å². The van der Waals surface area contributed by atoms with Crippen molar-refractivity contribution in [3.8, 4) is 0 Å². The van der Waals surface area contributed by atoms with Gasteiger partial charge < -0.3 is 10.2 Å². The zero-order valence-corrected chi connectivity index (χ0v) is 6.34. The fourth-order valence-corrected chi connectivity index (χ4v) is 0.730. The van der Waals surface area contributed by atoms with Crippen molar-refractivity contribution >= 4 is 5.97 Å². The van der Waals surface area contributed by atoms with Crippen LogP contribution in [0.2, 0.25) is 0 Å². The largest absolute Gasteiger partial charge is 0.481 e. The summed E-state index contributed by atoms with van der Waals surface area (Å²) in [4.78, 5) is 10.1. The maximum Gasteiger partial charge on any atom is 0.305 e. The molecule has 0 spiro atoms. The Labute approximate surface area is 68.4 Å². The number of carboxylic acid groups (broad SMARTS) is 1. The van der Waals surface area contributed by atoms with E-state index in [0.717, 1.165) is 0 Å². The van der Waals surface area contributed by atoms with Crippen LogP contribution in [0.15, 0.2) is 6.20 Å². The van der Waals surface area contributed by atoms with Gasteiger partial charge in [-0.2, -0.15) is 0 Å². The third kappa shape index (κ3) is 2.31. The number of rotatable bonds is 4. The highest BCUT2D eigenvalue weighted by molar-refractivity contribution is 5.66. The minimum Gasteiger partial charge on any atom is -0.481 e. The van der Waals surface area contributed by atoms with Gasteiger partial charge in [-0.15, -0.1) is 5.10 Å². The molecule has 0 saturated heterocycles. The zero-order chi connectivity index (χ0) is 8.97. The lowest BCUT2D eigenvalue weighted by Gasteiger charge is -1.93. The van der Waals surface area contributed by atoms with Gasteiger partial charge in [0, 0.05) is 0 Å². The first-order chi connectivity index (χ1) is 5.72. The maximum absolute atomic E-state index is 10.1. The van der Waals surface area contributed by atoms with Gasteiger partial charge >= 0.3 is 5.97 Å². The highest BCUT2D eigenvalue weighted by Crippen LogP contribution is 1.93. The van der Waals surface area contributed by atoms with E-state index in [1.165, 1.54) is 10.9 Å². The highest BCUT2D eigenvalue weighted by atomic mass is 16.4. The maximum atomic E-state index is 10.1. The molecule has 0 saturated carbocycles. The summed E-state index contributed by atoms with van der Waals surface area (Å²) in [6, 6.07) is 0. The molecule has 0 aliphatic rings. The molecule has 0 amide bonds. The predicted octanol–water partition coefficient (Wildman–Crippen LogP) is -0.755. The quantitative estimate of drug-likeness (QED) is 0.622. The third-order valence-electron chi connectivity index (χ3n) is 1.30. The van der Waals surface area contributed by atoms with Crippen LogP contribution in [0, 0.1) is 0 Å². The van der Waals surface area contributed by atoms with Crippen LogP contribution in [-0.2, 0) is 17.9 Å². The van der Waals surface area contributed by atoms with E-state index < -0.39 is 5.97 Å². The van der Waals surface area contributed by atoms with Crippen molar-refractivity contribution in [2.24, 2.45) is 0 Å². The van der Waals surface area contributed by atoms with E-state index in [1.807, 2.05) is 0 Å². The summed E-state index contributed by atoms with van der Waals surface area (Å²) in [6.45, 7) is 0.107. The summed E-state index contributed by atoms with van der Waals surface area (Å²) in [7, 11) is 0. The van der Waals surface area contributed by atoms with Crippen molar-refractivity contribution in [3.63, 3.8) is 0 Å². The molecule has 1 aromatic rings. The van der Waals surface area contributed by atoms with Crippen LogP contribution >= 0.6 is 0 Å². The topological polar surface area (TPSA) is 88.2 Å². The number of aliphatic hydroxyl groups is 1. The Morgan fingerprint density at radius 3 is 2.92 bits per heavy atom. The molecule has 66 valence electrons. The molecule has 1 aromatic heterocycles. The van der Waals surface area contributed by atoms with E-state index in [1.54, 1.807) is 0 Å². The van der Waals surface area contributed by atoms with Crippen molar-refractivity contribution < 1.29 is 15.0 Å². The number of aromatic nitrogens is 3. The summed E-state index contributed by atoms with van der Waals surface area (Å²) in [5, 5.41) is 24.1. The lowest BCUT2D eigenvalue weighted by molar-refractivity contribution is -0.137. The molecule has 1 rings (SSSR count). The minimum absolute atomic E-state index is 0.00816. The molecular weight excluding hydrogens is 162 g/mol. The van der Waals surface area contributed by atoms with Gasteiger partial charge in [0.1, 0.15) is 5.69 Å².